The van der Waals surface area contributed by atoms with Gasteiger partial charge in [-0.05, 0) is 39.2 Å². The minimum Gasteiger partial charge on any atom is -0.463 e. The number of carbonyl (C=O) groups is 3. The zero-order chi connectivity index (χ0) is 26.6. The number of amides is 1. The Kier molecular flexibility index (Phi) is 7.42. The van der Waals surface area contributed by atoms with Crippen molar-refractivity contribution in [1.82, 2.24) is 14.8 Å². The molecule has 1 N–H and O–H groups in total. The van der Waals surface area contributed by atoms with Crippen LogP contribution < -0.4 is 5.32 Å². The van der Waals surface area contributed by atoms with E-state index in [0.717, 1.165) is 15.8 Å². The summed E-state index contributed by atoms with van der Waals surface area (Å²) in [4.78, 5) is 41.2. The maximum Gasteiger partial charge on any atom is 0.435 e. The van der Waals surface area contributed by atoms with Crippen LogP contribution in [-0.4, -0.2) is 45.6 Å². The van der Waals surface area contributed by atoms with Gasteiger partial charge in [-0.15, -0.1) is 5.10 Å². The second kappa shape index (κ2) is 10.7. The minimum atomic E-state index is -0.748. The molecule has 1 aliphatic rings. The number of allylic oxidation sites excluding steroid dienone is 2. The summed E-state index contributed by atoms with van der Waals surface area (Å²) >= 11 is 0. The molecule has 3 aromatic rings. The number of benzene rings is 1. The molecule has 2 heterocycles. The number of methoxy groups -OCH3 is 1. The molecule has 4 rings (SSSR count). The number of nitrogens with zero attached hydrogens (tertiary/aromatic N) is 3. The van der Waals surface area contributed by atoms with Crippen LogP contribution in [0.5, 0.6) is 0 Å². The molecular weight excluding hydrogens is 480 g/mol. The molecule has 0 aliphatic heterocycles. The first kappa shape index (κ1) is 25.7. The van der Waals surface area contributed by atoms with Crippen LogP contribution in [0.4, 0.5) is 15.4 Å². The second-order valence-electron chi connectivity index (χ2n) is 9.39. The van der Waals surface area contributed by atoms with Crippen molar-refractivity contribution in [2.75, 3.05) is 12.4 Å². The van der Waals surface area contributed by atoms with Crippen molar-refractivity contribution in [2.45, 2.75) is 51.7 Å². The van der Waals surface area contributed by atoms with Crippen LogP contribution in [-0.2, 0) is 20.8 Å². The van der Waals surface area contributed by atoms with Gasteiger partial charge in [0, 0.05) is 17.6 Å². The van der Waals surface area contributed by atoms with Gasteiger partial charge in [0.15, 0.2) is 5.82 Å². The Balaban J connectivity index is 1.55. The van der Waals surface area contributed by atoms with Crippen molar-refractivity contribution in [3.05, 3.63) is 71.6 Å². The van der Waals surface area contributed by atoms with E-state index in [9.17, 15) is 14.4 Å². The largest absolute Gasteiger partial charge is 0.463 e. The Bertz CT molecular complexity index is 1320. The van der Waals surface area contributed by atoms with Gasteiger partial charge in [-0.25, -0.2) is 19.4 Å². The zero-order valence-corrected chi connectivity index (χ0v) is 21.0. The Morgan fingerprint density at radius 1 is 1.19 bits per heavy atom. The minimum absolute atomic E-state index is 0.00106. The van der Waals surface area contributed by atoms with Crippen molar-refractivity contribution in [1.29, 1.82) is 0 Å². The van der Waals surface area contributed by atoms with Crippen LogP contribution in [0.1, 0.15) is 67.2 Å². The molecule has 0 spiro atoms. The van der Waals surface area contributed by atoms with Gasteiger partial charge in [0.2, 0.25) is 11.7 Å². The third-order valence-electron chi connectivity index (χ3n) is 5.42. The third kappa shape index (κ3) is 6.43. The molecule has 1 amide bonds. The summed E-state index contributed by atoms with van der Waals surface area (Å²) in [5.41, 5.74) is 1.38. The van der Waals surface area contributed by atoms with Crippen LogP contribution in [0, 0.1) is 0 Å². The fourth-order valence-electron chi connectivity index (χ4n) is 3.79. The lowest BCUT2D eigenvalue weighted by Crippen LogP contribution is -2.29. The molecule has 0 saturated heterocycles. The van der Waals surface area contributed by atoms with Gasteiger partial charge >= 0.3 is 18.2 Å². The number of esters is 1. The van der Waals surface area contributed by atoms with E-state index in [-0.39, 0.29) is 24.1 Å². The van der Waals surface area contributed by atoms with E-state index in [0.29, 0.717) is 24.4 Å². The molecule has 0 fully saturated rings. The maximum atomic E-state index is 12.9. The predicted octanol–water partition coefficient (Wildman–Crippen LogP) is 5.15. The first-order valence-electron chi connectivity index (χ1n) is 11.7. The average molecular weight is 509 g/mol. The fraction of sp³-hybridized carbons (Fsp3) is 0.346. The van der Waals surface area contributed by atoms with Crippen molar-refractivity contribution in [3.8, 4) is 0 Å². The molecule has 11 heteroatoms. The van der Waals surface area contributed by atoms with E-state index in [1.54, 1.807) is 26.8 Å². The van der Waals surface area contributed by atoms with Gasteiger partial charge in [-0.3, -0.25) is 5.32 Å². The smallest absolute Gasteiger partial charge is 0.435 e. The van der Waals surface area contributed by atoms with Crippen LogP contribution in [0.3, 0.4) is 0 Å². The van der Waals surface area contributed by atoms with Crippen LogP contribution in [0.15, 0.2) is 53.1 Å². The van der Waals surface area contributed by atoms with Gasteiger partial charge in [-0.2, -0.15) is 4.68 Å². The fourth-order valence-corrected chi connectivity index (χ4v) is 3.79. The van der Waals surface area contributed by atoms with Crippen molar-refractivity contribution < 1.29 is 33.0 Å². The van der Waals surface area contributed by atoms with Crippen molar-refractivity contribution in [3.63, 3.8) is 0 Å². The summed E-state index contributed by atoms with van der Waals surface area (Å²) in [6.45, 7) is 5.35. The van der Waals surface area contributed by atoms with Gasteiger partial charge in [0.25, 0.3) is 0 Å². The molecule has 0 saturated carbocycles. The molecule has 37 heavy (non-hydrogen) atoms. The quantitative estimate of drug-likeness (QED) is 0.354. The number of hydrogen-bond donors (Lipinski definition) is 1. The first-order chi connectivity index (χ1) is 17.6. The summed E-state index contributed by atoms with van der Waals surface area (Å²) in [5, 5.41) is 6.85. The van der Waals surface area contributed by atoms with Gasteiger partial charge in [0.1, 0.15) is 12.2 Å². The van der Waals surface area contributed by atoms with E-state index < -0.39 is 23.8 Å². The van der Waals surface area contributed by atoms with Gasteiger partial charge in [0.05, 0.1) is 19.0 Å². The van der Waals surface area contributed by atoms with Crippen LogP contribution >= 0.6 is 0 Å². The normalized spacial score (nSPS) is 15.1. The Morgan fingerprint density at radius 2 is 1.95 bits per heavy atom. The standard InChI is InChI=1S/C26H28N4O7/c1-26(2,3)37-25(33)30-19(13-21(29-30)28-24(32)35-15-16-8-6-5-7-9-16)17-10-11-18(12-17)22-27-14-20(36-22)23(31)34-4/h5-9,12-14,17H,10-11,15H2,1-4H3,(H,28,29,32). The molecule has 2 aromatic heterocycles. The molecular formula is C26H28N4O7. The Labute approximate surface area is 213 Å². The summed E-state index contributed by atoms with van der Waals surface area (Å²) in [7, 11) is 1.26. The molecule has 1 unspecified atom stereocenters. The van der Waals surface area contributed by atoms with Gasteiger partial charge in [-0.1, -0.05) is 36.4 Å². The molecule has 1 atom stereocenters. The van der Waals surface area contributed by atoms with E-state index in [1.165, 1.54) is 13.3 Å². The molecule has 0 bridgehead atoms. The average Bonchev–Trinajstić information content (AvgIpc) is 3.61. The topological polar surface area (TPSA) is 135 Å². The lowest BCUT2D eigenvalue weighted by molar-refractivity contribution is 0.0507. The van der Waals surface area contributed by atoms with Crippen LogP contribution in [0.25, 0.3) is 5.57 Å². The monoisotopic (exact) mass is 508 g/mol. The third-order valence-corrected chi connectivity index (χ3v) is 5.42. The van der Waals surface area contributed by atoms with E-state index in [4.69, 9.17) is 13.9 Å². The van der Waals surface area contributed by atoms with Crippen molar-refractivity contribution in [2.24, 2.45) is 0 Å². The number of aromatic nitrogens is 3. The summed E-state index contributed by atoms with van der Waals surface area (Å²) in [6.07, 6.45) is 3.03. The maximum absolute atomic E-state index is 12.9. The summed E-state index contributed by atoms with van der Waals surface area (Å²) in [6, 6.07) is 10.9. The van der Waals surface area contributed by atoms with E-state index in [2.05, 4.69) is 20.1 Å². The van der Waals surface area contributed by atoms with E-state index in [1.807, 2.05) is 36.4 Å². The molecule has 1 aliphatic carbocycles. The lowest BCUT2D eigenvalue weighted by Gasteiger charge is -2.20. The molecule has 194 valence electrons. The number of nitrogens with one attached hydrogen (secondary N) is 1. The van der Waals surface area contributed by atoms with Gasteiger partial charge < -0.3 is 18.6 Å². The highest BCUT2D eigenvalue weighted by atomic mass is 16.6. The highest BCUT2D eigenvalue weighted by Gasteiger charge is 2.30. The summed E-state index contributed by atoms with van der Waals surface area (Å²) < 4.78 is 22.1. The van der Waals surface area contributed by atoms with Crippen molar-refractivity contribution >= 4 is 29.5 Å². The van der Waals surface area contributed by atoms with E-state index >= 15 is 0 Å². The zero-order valence-electron chi connectivity index (χ0n) is 21.0. The Hall–Kier alpha value is -4.41. The number of oxazole rings is 1. The van der Waals surface area contributed by atoms with Crippen LogP contribution in [0.2, 0.25) is 0 Å². The SMILES string of the molecule is COC(=O)c1cnc(C2=CC(c3cc(NC(=O)OCc4ccccc4)nn3C(=O)OC(C)(C)C)CC2)o1. The lowest BCUT2D eigenvalue weighted by atomic mass is 10.1. The number of carbonyl (C=O) groups excluding carboxylic acids is 3. The molecule has 1 aromatic carbocycles. The highest BCUT2D eigenvalue weighted by molar-refractivity contribution is 5.86. The molecule has 0 radical (unpaired) electrons. The Morgan fingerprint density at radius 3 is 2.65 bits per heavy atom. The highest BCUT2D eigenvalue weighted by Crippen LogP contribution is 2.38. The second-order valence-corrected chi connectivity index (χ2v) is 9.39. The molecule has 11 nitrogen and oxygen atoms in total. The number of rotatable bonds is 6. The number of hydrogen-bond acceptors (Lipinski definition) is 9. The summed E-state index contributed by atoms with van der Waals surface area (Å²) in [5.74, 6) is -0.425. The first-order valence-corrected chi connectivity index (χ1v) is 11.7. The number of anilines is 1. The predicted molar refractivity (Wildman–Crippen MR) is 132 cm³/mol. The number of ether oxygens (including phenoxy) is 3.